The van der Waals surface area contributed by atoms with Gasteiger partial charge in [-0.2, -0.15) is 0 Å². The largest absolute Gasteiger partial charge is 0.322 e. The minimum Gasteiger partial charge on any atom is -0.322 e. The quantitative estimate of drug-likeness (QED) is 0.512. The summed E-state index contributed by atoms with van der Waals surface area (Å²) in [6, 6.07) is -0.553. The first kappa shape index (κ1) is 10.8. The number of rotatable bonds is 1. The smallest absolute Gasteiger partial charge is 0.255 e. The van der Waals surface area contributed by atoms with E-state index in [2.05, 4.69) is 16.8 Å². The molecule has 90 valence electrons. The number of amides is 3. The molecule has 5 nitrogen and oxygen atoms in total. The molecule has 0 spiro atoms. The second-order valence-corrected chi connectivity index (χ2v) is 4.42. The van der Waals surface area contributed by atoms with Crippen molar-refractivity contribution in [3.8, 4) is 0 Å². The second-order valence-electron chi connectivity index (χ2n) is 4.42. The van der Waals surface area contributed by atoms with Gasteiger partial charge in [-0.1, -0.05) is 11.5 Å². The van der Waals surface area contributed by atoms with Gasteiger partial charge in [0.05, 0.1) is 5.57 Å². The van der Waals surface area contributed by atoms with Gasteiger partial charge in [0.2, 0.25) is 11.8 Å². The number of carbonyl (C=O) groups is 3. The van der Waals surface area contributed by atoms with Crippen LogP contribution >= 0.6 is 0 Å². The Labute approximate surface area is 103 Å². The van der Waals surface area contributed by atoms with Crippen LogP contribution in [0.1, 0.15) is 12.8 Å². The zero-order valence-electron chi connectivity index (χ0n) is 9.53. The van der Waals surface area contributed by atoms with Gasteiger partial charge in [-0.15, -0.1) is 0 Å². The van der Waals surface area contributed by atoms with E-state index in [-0.39, 0.29) is 24.1 Å². The van der Waals surface area contributed by atoms with Crippen LogP contribution in [0.2, 0.25) is 0 Å². The highest BCUT2D eigenvalue weighted by Crippen LogP contribution is 2.26. The Bertz CT molecular complexity index is 602. The fourth-order valence-corrected chi connectivity index (χ4v) is 2.38. The maximum atomic E-state index is 12.2. The van der Waals surface area contributed by atoms with Crippen molar-refractivity contribution in [3.05, 3.63) is 34.8 Å². The standard InChI is InChI=1S/C13H10N2O3/c16-11-6-5-10(12(17)14-11)15-7-8-3-1-2-4-9(8)13(15)18/h3-4,10H,5-7H2,(H,14,16,17). The van der Waals surface area contributed by atoms with Crippen molar-refractivity contribution in [1.29, 1.82) is 0 Å². The van der Waals surface area contributed by atoms with Gasteiger partial charge >= 0.3 is 0 Å². The van der Waals surface area contributed by atoms with Crippen molar-refractivity contribution in [1.82, 2.24) is 10.2 Å². The van der Waals surface area contributed by atoms with Gasteiger partial charge in [0.15, 0.2) is 0 Å². The summed E-state index contributed by atoms with van der Waals surface area (Å²) in [6.07, 6.45) is 3.95. The van der Waals surface area contributed by atoms with Crippen LogP contribution in [0.4, 0.5) is 0 Å². The third-order valence-electron chi connectivity index (χ3n) is 3.31. The summed E-state index contributed by atoms with van der Waals surface area (Å²) in [5.74, 6) is -0.841. The van der Waals surface area contributed by atoms with E-state index in [1.165, 1.54) is 4.90 Å². The van der Waals surface area contributed by atoms with E-state index in [9.17, 15) is 14.4 Å². The number of carbonyl (C=O) groups excluding carboxylic acids is 3. The van der Waals surface area contributed by atoms with Crippen molar-refractivity contribution in [2.45, 2.75) is 18.9 Å². The molecular weight excluding hydrogens is 232 g/mol. The lowest BCUT2D eigenvalue weighted by Crippen LogP contribution is -2.53. The molecule has 3 rings (SSSR count). The van der Waals surface area contributed by atoms with Crippen molar-refractivity contribution in [2.24, 2.45) is 0 Å². The number of nitrogens with one attached hydrogen (secondary N) is 1. The van der Waals surface area contributed by atoms with Crippen molar-refractivity contribution >= 4 is 17.7 Å². The maximum Gasteiger partial charge on any atom is 0.255 e. The Morgan fingerprint density at radius 3 is 2.72 bits per heavy atom. The monoisotopic (exact) mass is 242 g/mol. The third-order valence-corrected chi connectivity index (χ3v) is 3.31. The Morgan fingerprint density at radius 2 is 2.00 bits per heavy atom. The molecule has 0 aromatic rings. The van der Waals surface area contributed by atoms with Crippen molar-refractivity contribution in [3.63, 3.8) is 0 Å². The van der Waals surface area contributed by atoms with Gasteiger partial charge < -0.3 is 4.90 Å². The molecule has 1 N–H and O–H groups in total. The van der Waals surface area contributed by atoms with Crippen molar-refractivity contribution < 1.29 is 14.4 Å². The minimum atomic E-state index is -0.553. The normalized spacial score (nSPS) is 25.9. The number of nitrogens with zero attached hydrogens (tertiary/aromatic N) is 1. The molecular formula is C13H10N2O3. The topological polar surface area (TPSA) is 66.5 Å². The number of imide groups is 1. The summed E-state index contributed by atoms with van der Waals surface area (Å²) in [6.45, 7) is 0.394. The zero-order chi connectivity index (χ0) is 12.7. The van der Waals surface area contributed by atoms with Gasteiger partial charge in [0.1, 0.15) is 6.04 Å². The van der Waals surface area contributed by atoms with Crippen LogP contribution in [0.5, 0.6) is 0 Å². The first-order valence-corrected chi connectivity index (χ1v) is 5.72. The summed E-state index contributed by atoms with van der Waals surface area (Å²) >= 11 is 0. The third kappa shape index (κ3) is 1.54. The van der Waals surface area contributed by atoms with E-state index in [4.69, 9.17) is 0 Å². The lowest BCUT2D eigenvalue weighted by atomic mass is 10.0. The predicted molar refractivity (Wildman–Crippen MR) is 61.1 cm³/mol. The fraction of sp³-hybridized carbons (Fsp3) is 0.308. The van der Waals surface area contributed by atoms with Crippen LogP contribution in [0.3, 0.4) is 0 Å². The predicted octanol–water partition coefficient (Wildman–Crippen LogP) is -0.190. The lowest BCUT2D eigenvalue weighted by Gasteiger charge is -2.29. The SMILES string of the molecule is O=C1CCC(N2CC3=C(C=C=C=C3)C2=O)C(=O)N1. The van der Waals surface area contributed by atoms with Gasteiger partial charge in [0.25, 0.3) is 5.91 Å². The second kappa shape index (κ2) is 3.84. The van der Waals surface area contributed by atoms with E-state index in [0.717, 1.165) is 5.57 Å². The molecule has 0 aromatic carbocycles. The molecule has 1 fully saturated rings. The van der Waals surface area contributed by atoms with Crippen LogP contribution in [0.25, 0.3) is 0 Å². The highest BCUT2D eigenvalue weighted by molar-refractivity contribution is 6.06. The summed E-state index contributed by atoms with van der Waals surface area (Å²) in [4.78, 5) is 36.5. The maximum absolute atomic E-state index is 12.2. The summed E-state index contributed by atoms with van der Waals surface area (Å²) in [5.41, 5.74) is 6.95. The van der Waals surface area contributed by atoms with Crippen molar-refractivity contribution in [2.75, 3.05) is 6.54 Å². The molecule has 3 aliphatic rings. The summed E-state index contributed by atoms with van der Waals surface area (Å²) in [5, 5.41) is 2.27. The molecule has 18 heavy (non-hydrogen) atoms. The van der Waals surface area contributed by atoms with E-state index in [1.807, 2.05) is 0 Å². The van der Waals surface area contributed by atoms with E-state index >= 15 is 0 Å². The molecule has 0 bridgehead atoms. The molecule has 5 heteroatoms. The van der Waals surface area contributed by atoms with Crippen LogP contribution in [-0.2, 0) is 14.4 Å². The summed E-state index contributed by atoms with van der Waals surface area (Å²) < 4.78 is 0. The number of piperidine rings is 1. The molecule has 1 unspecified atom stereocenters. The highest BCUT2D eigenvalue weighted by Gasteiger charge is 2.39. The lowest BCUT2D eigenvalue weighted by molar-refractivity contribution is -0.142. The van der Waals surface area contributed by atoms with E-state index in [1.54, 1.807) is 12.2 Å². The summed E-state index contributed by atoms with van der Waals surface area (Å²) in [7, 11) is 0. The van der Waals surface area contributed by atoms with E-state index < -0.39 is 6.04 Å². The number of hydrogen-bond donors (Lipinski definition) is 1. The Morgan fingerprint density at radius 1 is 1.22 bits per heavy atom. The average molecular weight is 242 g/mol. The van der Waals surface area contributed by atoms with Gasteiger partial charge in [-0.3, -0.25) is 19.7 Å². The number of hydrogen-bond acceptors (Lipinski definition) is 3. The first-order valence-electron chi connectivity index (χ1n) is 5.72. The van der Waals surface area contributed by atoms with Crippen LogP contribution in [0, 0.1) is 0 Å². The molecule has 1 saturated heterocycles. The molecule has 2 heterocycles. The molecule has 1 aliphatic carbocycles. The molecule has 0 radical (unpaired) electrons. The minimum absolute atomic E-state index is 0.176. The zero-order valence-corrected chi connectivity index (χ0v) is 9.53. The molecule has 3 amide bonds. The molecule has 2 aliphatic heterocycles. The van der Waals surface area contributed by atoms with Gasteiger partial charge in [0, 0.05) is 19.0 Å². The Balaban J connectivity index is 1.83. The fourth-order valence-electron chi connectivity index (χ4n) is 2.38. The van der Waals surface area contributed by atoms with E-state index in [0.29, 0.717) is 18.5 Å². The van der Waals surface area contributed by atoms with Gasteiger partial charge in [-0.25, -0.2) is 0 Å². The first-order chi connectivity index (χ1) is 8.66. The van der Waals surface area contributed by atoms with Crippen LogP contribution in [0.15, 0.2) is 34.8 Å². The molecule has 0 saturated carbocycles. The van der Waals surface area contributed by atoms with Gasteiger partial charge in [-0.05, 0) is 18.1 Å². The molecule has 1 atom stereocenters. The average Bonchev–Trinajstić information content (AvgIpc) is 2.68. The highest BCUT2D eigenvalue weighted by atomic mass is 16.2. The molecule has 0 aromatic heterocycles. The van der Waals surface area contributed by atoms with Crippen LogP contribution < -0.4 is 5.32 Å². The van der Waals surface area contributed by atoms with Crippen LogP contribution in [-0.4, -0.2) is 35.2 Å². The Hall–Kier alpha value is -2.35. The Kier molecular flexibility index (Phi) is 2.30.